The normalized spacial score (nSPS) is 21.0. The van der Waals surface area contributed by atoms with Gasteiger partial charge in [-0.1, -0.05) is 12.1 Å². The van der Waals surface area contributed by atoms with Crippen LogP contribution in [-0.2, 0) is 19.7 Å². The molecule has 2 aliphatic rings. The molecule has 0 aromatic heterocycles. The Morgan fingerprint density at radius 2 is 1.74 bits per heavy atom. The molecule has 0 spiro atoms. The van der Waals surface area contributed by atoms with E-state index < -0.39 is 5.60 Å². The second-order valence-corrected chi connectivity index (χ2v) is 7.25. The molecule has 2 fully saturated rings. The standard InChI is InChI=1S/C20H30N2O4.ClH/c1-24-17-5-3-16(4-6-17)19(9-13-26-14-10-19)15-22-18(23)20(25-2)7-11-21-12-8-20;/h3-6,21H,7-15H2,1-2H3,(H,22,23);1H. The van der Waals surface area contributed by atoms with E-state index in [4.69, 9.17) is 14.2 Å². The highest BCUT2D eigenvalue weighted by Crippen LogP contribution is 2.35. The van der Waals surface area contributed by atoms with Crippen LogP contribution in [0.15, 0.2) is 24.3 Å². The number of hydrogen-bond donors (Lipinski definition) is 2. The highest BCUT2D eigenvalue weighted by Gasteiger charge is 2.42. The molecule has 0 atom stereocenters. The molecule has 0 unspecified atom stereocenters. The van der Waals surface area contributed by atoms with Crippen LogP contribution in [0.1, 0.15) is 31.2 Å². The first kappa shape index (κ1) is 22.0. The van der Waals surface area contributed by atoms with Gasteiger partial charge in [-0.2, -0.15) is 0 Å². The van der Waals surface area contributed by atoms with E-state index >= 15 is 0 Å². The van der Waals surface area contributed by atoms with Gasteiger partial charge in [0.15, 0.2) is 0 Å². The summed E-state index contributed by atoms with van der Waals surface area (Å²) < 4.78 is 16.5. The van der Waals surface area contributed by atoms with Crippen LogP contribution >= 0.6 is 12.4 Å². The van der Waals surface area contributed by atoms with Gasteiger partial charge < -0.3 is 24.8 Å². The molecule has 1 aromatic rings. The van der Waals surface area contributed by atoms with Gasteiger partial charge in [-0.15, -0.1) is 12.4 Å². The lowest BCUT2D eigenvalue weighted by atomic mass is 9.74. The fourth-order valence-electron chi connectivity index (χ4n) is 4.04. The molecular formula is C20H31ClN2O4. The van der Waals surface area contributed by atoms with Crippen molar-refractivity contribution < 1.29 is 19.0 Å². The summed E-state index contributed by atoms with van der Waals surface area (Å²) in [6, 6.07) is 8.18. The van der Waals surface area contributed by atoms with E-state index in [1.165, 1.54) is 5.56 Å². The lowest BCUT2D eigenvalue weighted by Gasteiger charge is -2.40. The maximum Gasteiger partial charge on any atom is 0.252 e. The van der Waals surface area contributed by atoms with Gasteiger partial charge in [0, 0.05) is 32.3 Å². The summed E-state index contributed by atoms with van der Waals surface area (Å²) in [5, 5.41) is 6.49. The number of hydrogen-bond acceptors (Lipinski definition) is 5. The maximum absolute atomic E-state index is 13.0. The Balaban J connectivity index is 0.00000261. The number of amides is 1. The van der Waals surface area contributed by atoms with Gasteiger partial charge in [0.05, 0.1) is 7.11 Å². The zero-order valence-corrected chi connectivity index (χ0v) is 17.0. The number of piperidine rings is 1. The van der Waals surface area contributed by atoms with Crippen LogP contribution in [-0.4, -0.2) is 58.6 Å². The lowest BCUT2D eigenvalue weighted by Crippen LogP contribution is -2.56. The Morgan fingerprint density at radius 3 is 2.30 bits per heavy atom. The van der Waals surface area contributed by atoms with Crippen LogP contribution in [0.3, 0.4) is 0 Å². The summed E-state index contributed by atoms with van der Waals surface area (Å²) in [4.78, 5) is 13.0. The number of rotatable bonds is 6. The molecule has 2 saturated heterocycles. The number of methoxy groups -OCH3 is 2. The number of carbonyl (C=O) groups is 1. The first-order chi connectivity index (χ1) is 12.6. The van der Waals surface area contributed by atoms with Gasteiger partial charge in [0.1, 0.15) is 11.4 Å². The van der Waals surface area contributed by atoms with Gasteiger partial charge in [0.25, 0.3) is 5.91 Å². The third-order valence-corrected chi connectivity index (χ3v) is 5.96. The summed E-state index contributed by atoms with van der Waals surface area (Å²) >= 11 is 0. The monoisotopic (exact) mass is 398 g/mol. The van der Waals surface area contributed by atoms with Gasteiger partial charge in [0.2, 0.25) is 0 Å². The zero-order chi connectivity index (χ0) is 18.5. The third-order valence-electron chi connectivity index (χ3n) is 5.96. The summed E-state index contributed by atoms with van der Waals surface area (Å²) in [6.45, 7) is 3.62. The summed E-state index contributed by atoms with van der Waals surface area (Å²) in [5.41, 5.74) is 0.401. The van der Waals surface area contributed by atoms with Crippen molar-refractivity contribution in [3.63, 3.8) is 0 Å². The second-order valence-electron chi connectivity index (χ2n) is 7.25. The van der Waals surface area contributed by atoms with Gasteiger partial charge >= 0.3 is 0 Å². The van der Waals surface area contributed by atoms with Crippen LogP contribution in [0.4, 0.5) is 0 Å². The number of ether oxygens (including phenoxy) is 3. The molecule has 152 valence electrons. The Labute approximate surface area is 167 Å². The minimum absolute atomic E-state index is 0. The van der Waals surface area contributed by atoms with Crippen molar-refractivity contribution in [3.05, 3.63) is 29.8 Å². The van der Waals surface area contributed by atoms with Gasteiger partial charge in [-0.05, 0) is 56.5 Å². The van der Waals surface area contributed by atoms with Crippen molar-refractivity contribution in [2.45, 2.75) is 36.7 Å². The SMILES string of the molecule is COc1ccc(C2(CNC(=O)C3(OC)CCNCC3)CCOCC2)cc1.Cl. The van der Waals surface area contributed by atoms with Crippen molar-refractivity contribution in [2.24, 2.45) is 0 Å². The van der Waals surface area contributed by atoms with Gasteiger partial charge in [-0.25, -0.2) is 0 Å². The van der Waals surface area contributed by atoms with Crippen molar-refractivity contribution in [2.75, 3.05) is 47.1 Å². The molecule has 1 aromatic carbocycles. The maximum atomic E-state index is 13.0. The van der Waals surface area contributed by atoms with Crippen LogP contribution in [0.2, 0.25) is 0 Å². The molecule has 7 heteroatoms. The van der Waals surface area contributed by atoms with Crippen molar-refractivity contribution in [3.8, 4) is 5.75 Å². The lowest BCUT2D eigenvalue weighted by molar-refractivity contribution is -0.147. The predicted octanol–water partition coefficient (Wildman–Crippen LogP) is 2.05. The highest BCUT2D eigenvalue weighted by atomic mass is 35.5. The van der Waals surface area contributed by atoms with Crippen molar-refractivity contribution in [1.29, 1.82) is 0 Å². The van der Waals surface area contributed by atoms with E-state index in [-0.39, 0.29) is 23.7 Å². The van der Waals surface area contributed by atoms with Crippen molar-refractivity contribution >= 4 is 18.3 Å². The number of carbonyl (C=O) groups excluding carboxylic acids is 1. The highest BCUT2D eigenvalue weighted by molar-refractivity contribution is 5.85. The average molecular weight is 399 g/mol. The Bertz CT molecular complexity index is 597. The van der Waals surface area contributed by atoms with E-state index in [2.05, 4.69) is 22.8 Å². The predicted molar refractivity (Wildman–Crippen MR) is 107 cm³/mol. The topological polar surface area (TPSA) is 68.8 Å². The van der Waals surface area contributed by atoms with Crippen LogP contribution in [0.25, 0.3) is 0 Å². The van der Waals surface area contributed by atoms with Gasteiger partial charge in [-0.3, -0.25) is 4.79 Å². The minimum atomic E-state index is -0.711. The van der Waals surface area contributed by atoms with E-state index in [0.717, 1.165) is 31.7 Å². The molecule has 6 nitrogen and oxygen atoms in total. The Kier molecular flexibility index (Phi) is 7.91. The fourth-order valence-corrected chi connectivity index (χ4v) is 4.04. The summed E-state index contributed by atoms with van der Waals surface area (Å²) in [7, 11) is 3.31. The summed E-state index contributed by atoms with van der Waals surface area (Å²) in [6.07, 6.45) is 3.18. The van der Waals surface area contributed by atoms with E-state index in [9.17, 15) is 4.79 Å². The van der Waals surface area contributed by atoms with E-state index in [0.29, 0.717) is 32.6 Å². The third kappa shape index (κ3) is 4.74. The molecule has 0 bridgehead atoms. The number of benzene rings is 1. The molecule has 0 saturated carbocycles. The second kappa shape index (κ2) is 9.73. The van der Waals surface area contributed by atoms with Crippen LogP contribution < -0.4 is 15.4 Å². The summed E-state index contributed by atoms with van der Waals surface area (Å²) in [5.74, 6) is 0.842. The quantitative estimate of drug-likeness (QED) is 0.767. The smallest absolute Gasteiger partial charge is 0.252 e. The molecule has 1 amide bonds. The Morgan fingerprint density at radius 1 is 1.11 bits per heavy atom. The van der Waals surface area contributed by atoms with E-state index in [1.807, 2.05) is 12.1 Å². The zero-order valence-electron chi connectivity index (χ0n) is 16.2. The fraction of sp³-hybridized carbons (Fsp3) is 0.650. The molecule has 3 rings (SSSR count). The molecule has 2 N–H and O–H groups in total. The van der Waals surface area contributed by atoms with E-state index in [1.54, 1.807) is 14.2 Å². The molecule has 2 aliphatic heterocycles. The molecular weight excluding hydrogens is 368 g/mol. The molecule has 0 radical (unpaired) electrons. The molecule has 0 aliphatic carbocycles. The molecule has 27 heavy (non-hydrogen) atoms. The first-order valence-electron chi connectivity index (χ1n) is 9.41. The van der Waals surface area contributed by atoms with Crippen LogP contribution in [0, 0.1) is 0 Å². The largest absolute Gasteiger partial charge is 0.497 e. The first-order valence-corrected chi connectivity index (χ1v) is 9.41. The number of halogens is 1. The molecule has 2 heterocycles. The minimum Gasteiger partial charge on any atom is -0.497 e. The van der Waals surface area contributed by atoms with Crippen LogP contribution in [0.5, 0.6) is 5.75 Å². The number of nitrogens with one attached hydrogen (secondary N) is 2. The average Bonchev–Trinajstić information content (AvgIpc) is 2.73. The van der Waals surface area contributed by atoms with Crippen molar-refractivity contribution in [1.82, 2.24) is 10.6 Å². The Hall–Kier alpha value is -1.34.